The summed E-state index contributed by atoms with van der Waals surface area (Å²) in [6.45, 7) is 0. The molecule has 2 aromatic rings. The molecule has 0 saturated carbocycles. The number of carboxylic acid groups (broad SMARTS) is 1. The highest BCUT2D eigenvalue weighted by Gasteiger charge is 2.42. The highest BCUT2D eigenvalue weighted by atomic mass is 32.2. The summed E-state index contributed by atoms with van der Waals surface area (Å²) in [6.07, 6.45) is 0.0394. The largest absolute Gasteiger partial charge is 0.508 e. The average molecular weight is 418 g/mol. The Balaban J connectivity index is 1.68. The zero-order chi connectivity index (χ0) is 20.1. The van der Waals surface area contributed by atoms with Crippen LogP contribution in [0, 0.1) is 0 Å². The van der Waals surface area contributed by atoms with Crippen LogP contribution in [0.15, 0.2) is 54.6 Å². The molecule has 0 radical (unpaired) electrons. The number of phenolic OH excluding ortho intramolecular Hbond substituents is 1. The van der Waals surface area contributed by atoms with Crippen molar-refractivity contribution in [1.29, 1.82) is 0 Å². The van der Waals surface area contributed by atoms with Gasteiger partial charge < -0.3 is 15.1 Å². The zero-order valence-electron chi connectivity index (χ0n) is 14.9. The van der Waals surface area contributed by atoms with Crippen LogP contribution in [0.25, 0.3) is 0 Å². The number of phenols is 1. The number of benzene rings is 2. The van der Waals surface area contributed by atoms with Crippen molar-refractivity contribution in [2.24, 2.45) is 0 Å². The van der Waals surface area contributed by atoms with Crippen LogP contribution in [0.1, 0.15) is 27.7 Å². The summed E-state index contributed by atoms with van der Waals surface area (Å²) >= 11 is 2.35. The van der Waals surface area contributed by atoms with Gasteiger partial charge in [0.1, 0.15) is 17.2 Å². The van der Waals surface area contributed by atoms with E-state index in [0.29, 0.717) is 11.1 Å². The number of aliphatic carboxylic acids is 1. The fraction of sp³-hybridized carbons (Fsp3) is 0.250. The van der Waals surface area contributed by atoms with Gasteiger partial charge in [-0.2, -0.15) is 0 Å². The number of aromatic hydroxyl groups is 1. The quantitative estimate of drug-likeness (QED) is 0.744. The number of thioether (sulfide) groups is 2. The highest BCUT2D eigenvalue weighted by molar-refractivity contribution is 8.14. The van der Waals surface area contributed by atoms with Gasteiger partial charge in [0.25, 0.3) is 0 Å². The summed E-state index contributed by atoms with van der Waals surface area (Å²) in [5.41, 5.74) is 1.07. The van der Waals surface area contributed by atoms with Crippen LogP contribution >= 0.6 is 23.5 Å². The molecule has 2 atom stereocenters. The lowest BCUT2D eigenvalue weighted by Gasteiger charge is -2.28. The number of hydrogen-bond acceptors (Lipinski definition) is 6. The molecule has 1 aliphatic heterocycles. The van der Waals surface area contributed by atoms with Gasteiger partial charge in [-0.05, 0) is 6.07 Å². The summed E-state index contributed by atoms with van der Waals surface area (Å²) < 4.78 is 0. The Morgan fingerprint density at radius 2 is 1.75 bits per heavy atom. The van der Waals surface area contributed by atoms with E-state index in [0.717, 1.165) is 11.8 Å². The van der Waals surface area contributed by atoms with Crippen molar-refractivity contribution in [1.82, 2.24) is 4.90 Å². The van der Waals surface area contributed by atoms with Crippen molar-refractivity contribution in [3.05, 3.63) is 65.7 Å². The molecule has 1 unspecified atom stereocenters. The van der Waals surface area contributed by atoms with E-state index < -0.39 is 17.4 Å². The van der Waals surface area contributed by atoms with E-state index in [9.17, 15) is 24.6 Å². The van der Waals surface area contributed by atoms with Crippen LogP contribution < -0.4 is 0 Å². The number of carbonyl (C=O) groups is 3. The predicted molar refractivity (Wildman–Crippen MR) is 109 cm³/mol. The van der Waals surface area contributed by atoms with Gasteiger partial charge in [0, 0.05) is 29.1 Å². The summed E-state index contributed by atoms with van der Waals surface area (Å²) in [6, 6.07) is 14.4. The van der Waals surface area contributed by atoms with E-state index in [1.807, 2.05) is 6.07 Å². The average Bonchev–Trinajstić information content (AvgIpc) is 3.14. The van der Waals surface area contributed by atoms with Crippen molar-refractivity contribution >= 4 is 40.5 Å². The van der Waals surface area contributed by atoms with Gasteiger partial charge in [-0.3, -0.25) is 9.59 Å². The maximum atomic E-state index is 12.8. The van der Waals surface area contributed by atoms with Crippen LogP contribution in [-0.4, -0.2) is 49.7 Å². The van der Waals surface area contributed by atoms with Gasteiger partial charge >= 0.3 is 5.97 Å². The molecule has 6 nitrogen and oxygen atoms in total. The van der Waals surface area contributed by atoms with Gasteiger partial charge in [-0.15, -0.1) is 11.8 Å². The molecule has 28 heavy (non-hydrogen) atoms. The number of hydrogen-bond donors (Lipinski definition) is 2. The third-order valence-corrected chi connectivity index (χ3v) is 6.55. The van der Waals surface area contributed by atoms with E-state index in [-0.39, 0.29) is 34.7 Å². The first-order valence-corrected chi connectivity index (χ1v) is 10.7. The number of para-hydroxylation sites is 1. The molecule has 2 aromatic carbocycles. The topological polar surface area (TPSA) is 94.9 Å². The lowest BCUT2D eigenvalue weighted by Crippen LogP contribution is -2.43. The summed E-state index contributed by atoms with van der Waals surface area (Å²) in [5, 5.41) is 18.9. The van der Waals surface area contributed by atoms with Crippen LogP contribution in [0.3, 0.4) is 0 Å². The van der Waals surface area contributed by atoms with Crippen molar-refractivity contribution < 1.29 is 24.6 Å². The molecule has 1 aliphatic rings. The molecular weight excluding hydrogens is 398 g/mol. The van der Waals surface area contributed by atoms with Crippen LogP contribution in [0.2, 0.25) is 0 Å². The molecule has 1 saturated heterocycles. The summed E-state index contributed by atoms with van der Waals surface area (Å²) in [7, 11) is 0. The molecule has 0 spiro atoms. The number of amides is 1. The molecular formula is C20H19NO5S2. The maximum Gasteiger partial charge on any atom is 0.327 e. The third-order valence-electron chi connectivity index (χ3n) is 4.33. The van der Waals surface area contributed by atoms with Gasteiger partial charge in [0.05, 0.1) is 0 Å². The maximum absolute atomic E-state index is 12.8. The van der Waals surface area contributed by atoms with E-state index in [1.54, 1.807) is 42.5 Å². The second-order valence-corrected chi connectivity index (χ2v) is 8.33. The third kappa shape index (κ3) is 4.51. The first-order valence-electron chi connectivity index (χ1n) is 8.64. The van der Waals surface area contributed by atoms with Crippen molar-refractivity contribution in [2.75, 3.05) is 11.5 Å². The lowest BCUT2D eigenvalue weighted by molar-refractivity contribution is -0.149. The normalized spacial score (nSPS) is 18.8. The molecule has 0 bridgehead atoms. The van der Waals surface area contributed by atoms with Crippen molar-refractivity contribution in [3.8, 4) is 5.75 Å². The Morgan fingerprint density at radius 1 is 1.07 bits per heavy atom. The minimum absolute atomic E-state index is 0.0254. The minimum Gasteiger partial charge on any atom is -0.508 e. The molecule has 1 heterocycles. The number of rotatable bonds is 6. The monoisotopic (exact) mass is 417 g/mol. The second kappa shape index (κ2) is 9.16. The Kier molecular flexibility index (Phi) is 6.64. The molecule has 1 fully saturated rings. The lowest BCUT2D eigenvalue weighted by atomic mass is 10.1. The molecule has 0 aliphatic carbocycles. The standard InChI is InChI=1S/C20H19NO5S2/c22-16-9-5-4-8-14(16)18-21(15(12-28-18)19(24)25)17(23)10-11-27-20(26)13-6-2-1-3-7-13/h1-9,15,18,22H,10-12H2,(H,24,25)/t15-,18?/m0/s1. The summed E-state index contributed by atoms with van der Waals surface area (Å²) in [5.74, 6) is -0.896. The number of carbonyl (C=O) groups excluding carboxylic acids is 2. The highest BCUT2D eigenvalue weighted by Crippen LogP contribution is 2.44. The number of carboxylic acids is 1. The first-order chi connectivity index (χ1) is 13.5. The van der Waals surface area contributed by atoms with Gasteiger partial charge in [-0.1, -0.05) is 60.3 Å². The molecule has 146 valence electrons. The van der Waals surface area contributed by atoms with Crippen LogP contribution in [0.4, 0.5) is 0 Å². The Hall–Kier alpha value is -2.45. The van der Waals surface area contributed by atoms with E-state index in [4.69, 9.17) is 0 Å². The number of nitrogens with zero attached hydrogens (tertiary/aromatic N) is 1. The Bertz CT molecular complexity index is 874. The first kappa shape index (κ1) is 20.3. The minimum atomic E-state index is -1.08. The SMILES string of the molecule is O=C(SCCC(=O)N1C(c2ccccc2O)SC[C@H]1C(=O)O)c1ccccc1. The summed E-state index contributed by atoms with van der Waals surface area (Å²) in [4.78, 5) is 37.9. The Morgan fingerprint density at radius 3 is 2.43 bits per heavy atom. The fourth-order valence-corrected chi connectivity index (χ4v) is 5.19. The van der Waals surface area contributed by atoms with E-state index >= 15 is 0 Å². The molecule has 0 aromatic heterocycles. The molecule has 8 heteroatoms. The van der Waals surface area contributed by atoms with E-state index in [2.05, 4.69) is 0 Å². The predicted octanol–water partition coefficient (Wildman–Crippen LogP) is 3.38. The molecule has 2 N–H and O–H groups in total. The zero-order valence-corrected chi connectivity index (χ0v) is 16.5. The van der Waals surface area contributed by atoms with Gasteiger partial charge in [-0.25, -0.2) is 4.79 Å². The van der Waals surface area contributed by atoms with Crippen molar-refractivity contribution in [2.45, 2.75) is 17.8 Å². The second-order valence-electron chi connectivity index (χ2n) is 6.15. The Labute approximate surface area is 170 Å². The fourth-order valence-electron chi connectivity index (χ4n) is 2.95. The molecule has 3 rings (SSSR count). The van der Waals surface area contributed by atoms with Crippen LogP contribution in [0.5, 0.6) is 5.75 Å². The van der Waals surface area contributed by atoms with Gasteiger partial charge in [0.15, 0.2) is 0 Å². The smallest absolute Gasteiger partial charge is 0.327 e. The van der Waals surface area contributed by atoms with E-state index in [1.165, 1.54) is 22.7 Å². The van der Waals surface area contributed by atoms with Crippen LogP contribution in [-0.2, 0) is 9.59 Å². The van der Waals surface area contributed by atoms with Crippen molar-refractivity contribution in [3.63, 3.8) is 0 Å². The molecule has 1 amide bonds. The van der Waals surface area contributed by atoms with Gasteiger partial charge in [0.2, 0.25) is 11.0 Å².